The van der Waals surface area contributed by atoms with E-state index in [0.717, 1.165) is 18.4 Å². The first kappa shape index (κ1) is 13.1. The molecule has 0 aromatic heterocycles. The third-order valence-electron chi connectivity index (χ3n) is 3.61. The monoisotopic (exact) mass is 248 g/mol. The van der Waals surface area contributed by atoms with Gasteiger partial charge in [0.15, 0.2) is 0 Å². The zero-order valence-electron chi connectivity index (χ0n) is 10.8. The Kier molecular flexibility index (Phi) is 4.37. The van der Waals surface area contributed by atoms with Crippen LogP contribution >= 0.6 is 0 Å². The highest BCUT2D eigenvalue weighted by Gasteiger charge is 2.24. The standard InChI is InChI=1S/C15H20O3/c1-2-18-15(17)13-9-7-12(8-10-13)14(16)11-5-3-4-6-11/h7-11,14,16H,2-6H2,1H3. The highest BCUT2D eigenvalue weighted by atomic mass is 16.5. The maximum absolute atomic E-state index is 11.5. The van der Waals surface area contributed by atoms with Crippen LogP contribution in [0.15, 0.2) is 24.3 Å². The van der Waals surface area contributed by atoms with Crippen LogP contribution in [0.4, 0.5) is 0 Å². The van der Waals surface area contributed by atoms with Crippen LogP contribution in [0.1, 0.15) is 54.6 Å². The lowest BCUT2D eigenvalue weighted by Gasteiger charge is -2.18. The molecule has 1 saturated carbocycles. The fourth-order valence-electron chi connectivity index (χ4n) is 2.58. The predicted octanol–water partition coefficient (Wildman–Crippen LogP) is 3.09. The lowest BCUT2D eigenvalue weighted by Crippen LogP contribution is -2.10. The van der Waals surface area contributed by atoms with E-state index in [1.807, 2.05) is 12.1 Å². The molecule has 1 unspecified atom stereocenters. The summed E-state index contributed by atoms with van der Waals surface area (Å²) in [6.07, 6.45) is 4.22. The molecular formula is C15H20O3. The van der Waals surface area contributed by atoms with Crippen molar-refractivity contribution in [2.24, 2.45) is 5.92 Å². The van der Waals surface area contributed by atoms with Crippen LogP contribution in [0.5, 0.6) is 0 Å². The summed E-state index contributed by atoms with van der Waals surface area (Å²) in [6, 6.07) is 7.11. The minimum atomic E-state index is -0.399. The molecule has 3 nitrogen and oxygen atoms in total. The van der Waals surface area contributed by atoms with Crippen molar-refractivity contribution < 1.29 is 14.6 Å². The van der Waals surface area contributed by atoms with Crippen LogP contribution in [0.25, 0.3) is 0 Å². The van der Waals surface area contributed by atoms with Crippen LogP contribution in [0.3, 0.4) is 0 Å². The van der Waals surface area contributed by atoms with Crippen LogP contribution in [0, 0.1) is 5.92 Å². The molecule has 0 saturated heterocycles. The van der Waals surface area contributed by atoms with Crippen molar-refractivity contribution in [2.75, 3.05) is 6.61 Å². The number of carbonyl (C=O) groups is 1. The van der Waals surface area contributed by atoms with Gasteiger partial charge in [-0.05, 0) is 43.4 Å². The number of esters is 1. The topological polar surface area (TPSA) is 46.5 Å². The highest BCUT2D eigenvalue weighted by Crippen LogP contribution is 2.35. The van der Waals surface area contributed by atoms with Gasteiger partial charge in [-0.1, -0.05) is 25.0 Å². The summed E-state index contributed by atoms with van der Waals surface area (Å²) in [5.41, 5.74) is 1.44. The average Bonchev–Trinajstić information content (AvgIpc) is 2.92. The first-order chi connectivity index (χ1) is 8.72. The molecule has 2 rings (SSSR count). The van der Waals surface area contributed by atoms with Gasteiger partial charge in [-0.25, -0.2) is 4.79 Å². The van der Waals surface area contributed by atoms with Crippen molar-refractivity contribution >= 4 is 5.97 Å². The summed E-state index contributed by atoms with van der Waals surface area (Å²) < 4.78 is 4.93. The lowest BCUT2D eigenvalue weighted by atomic mass is 9.94. The Morgan fingerprint density at radius 3 is 2.50 bits per heavy atom. The number of benzene rings is 1. The zero-order valence-corrected chi connectivity index (χ0v) is 10.8. The van der Waals surface area contributed by atoms with E-state index in [0.29, 0.717) is 18.1 Å². The molecule has 0 aliphatic heterocycles. The molecule has 1 N–H and O–H groups in total. The smallest absolute Gasteiger partial charge is 0.338 e. The molecule has 3 heteroatoms. The van der Waals surface area contributed by atoms with Crippen LogP contribution in [-0.4, -0.2) is 17.7 Å². The van der Waals surface area contributed by atoms with E-state index in [4.69, 9.17) is 4.74 Å². The van der Waals surface area contributed by atoms with E-state index >= 15 is 0 Å². The van der Waals surface area contributed by atoms with Crippen molar-refractivity contribution in [3.05, 3.63) is 35.4 Å². The molecule has 0 amide bonds. The second-order valence-corrected chi connectivity index (χ2v) is 4.83. The number of rotatable bonds is 4. The van der Waals surface area contributed by atoms with Gasteiger partial charge >= 0.3 is 5.97 Å². The van der Waals surface area contributed by atoms with Crippen molar-refractivity contribution in [1.82, 2.24) is 0 Å². The van der Waals surface area contributed by atoms with Gasteiger partial charge in [-0.2, -0.15) is 0 Å². The number of carbonyl (C=O) groups excluding carboxylic acids is 1. The minimum Gasteiger partial charge on any atom is -0.462 e. The van der Waals surface area contributed by atoms with Gasteiger partial charge in [-0.15, -0.1) is 0 Å². The Hall–Kier alpha value is -1.35. The normalized spacial score (nSPS) is 17.7. The van der Waals surface area contributed by atoms with Gasteiger partial charge in [0.2, 0.25) is 0 Å². The fourth-order valence-corrected chi connectivity index (χ4v) is 2.58. The summed E-state index contributed by atoms with van der Waals surface area (Å²) >= 11 is 0. The summed E-state index contributed by atoms with van der Waals surface area (Å²) in [5.74, 6) is 0.0675. The van der Waals surface area contributed by atoms with Gasteiger partial charge in [0.1, 0.15) is 0 Å². The number of hydrogen-bond acceptors (Lipinski definition) is 3. The first-order valence-electron chi connectivity index (χ1n) is 6.67. The number of aliphatic hydroxyl groups is 1. The highest BCUT2D eigenvalue weighted by molar-refractivity contribution is 5.89. The van der Waals surface area contributed by atoms with E-state index < -0.39 is 6.10 Å². The average molecular weight is 248 g/mol. The molecule has 98 valence electrons. The van der Waals surface area contributed by atoms with E-state index in [1.54, 1.807) is 19.1 Å². The summed E-state index contributed by atoms with van der Waals surface area (Å²) in [7, 11) is 0. The van der Waals surface area contributed by atoms with E-state index in [2.05, 4.69) is 0 Å². The van der Waals surface area contributed by atoms with Gasteiger partial charge < -0.3 is 9.84 Å². The van der Waals surface area contributed by atoms with Crippen molar-refractivity contribution in [3.63, 3.8) is 0 Å². The zero-order chi connectivity index (χ0) is 13.0. The number of hydrogen-bond donors (Lipinski definition) is 1. The molecular weight excluding hydrogens is 228 g/mol. The molecule has 0 heterocycles. The van der Waals surface area contributed by atoms with Gasteiger partial charge in [-0.3, -0.25) is 0 Å². The second-order valence-electron chi connectivity index (χ2n) is 4.83. The van der Waals surface area contributed by atoms with E-state index in [9.17, 15) is 9.90 Å². The predicted molar refractivity (Wildman–Crippen MR) is 69.3 cm³/mol. The van der Waals surface area contributed by atoms with Crippen molar-refractivity contribution in [3.8, 4) is 0 Å². The number of aliphatic hydroxyl groups excluding tert-OH is 1. The molecule has 1 aliphatic carbocycles. The Morgan fingerprint density at radius 1 is 1.33 bits per heavy atom. The molecule has 1 aromatic rings. The second kappa shape index (κ2) is 6.01. The Labute approximate surface area is 108 Å². The number of ether oxygens (including phenoxy) is 1. The Balaban J connectivity index is 2.04. The van der Waals surface area contributed by atoms with Crippen LogP contribution in [0.2, 0.25) is 0 Å². The molecule has 1 fully saturated rings. The minimum absolute atomic E-state index is 0.306. The molecule has 1 aromatic carbocycles. The summed E-state index contributed by atoms with van der Waals surface area (Å²) in [5, 5.41) is 10.2. The molecule has 18 heavy (non-hydrogen) atoms. The van der Waals surface area contributed by atoms with Gasteiger partial charge in [0.05, 0.1) is 18.3 Å². The summed E-state index contributed by atoms with van der Waals surface area (Å²) in [6.45, 7) is 2.17. The third-order valence-corrected chi connectivity index (χ3v) is 3.61. The third kappa shape index (κ3) is 2.91. The maximum atomic E-state index is 11.5. The lowest BCUT2D eigenvalue weighted by molar-refractivity contribution is 0.0526. The molecule has 0 radical (unpaired) electrons. The first-order valence-corrected chi connectivity index (χ1v) is 6.67. The van der Waals surface area contributed by atoms with Gasteiger partial charge in [0.25, 0.3) is 0 Å². The maximum Gasteiger partial charge on any atom is 0.338 e. The summed E-state index contributed by atoms with van der Waals surface area (Å²) in [4.78, 5) is 11.5. The van der Waals surface area contributed by atoms with Gasteiger partial charge in [0, 0.05) is 0 Å². The van der Waals surface area contributed by atoms with Crippen LogP contribution in [-0.2, 0) is 4.74 Å². The van der Waals surface area contributed by atoms with Crippen LogP contribution < -0.4 is 0 Å². The van der Waals surface area contributed by atoms with E-state index in [-0.39, 0.29) is 5.97 Å². The fraction of sp³-hybridized carbons (Fsp3) is 0.533. The molecule has 1 atom stereocenters. The Bertz CT molecular complexity index is 391. The van der Waals surface area contributed by atoms with Crippen molar-refractivity contribution in [2.45, 2.75) is 38.7 Å². The molecule has 0 spiro atoms. The Morgan fingerprint density at radius 2 is 1.94 bits per heavy atom. The molecule has 0 bridgehead atoms. The van der Waals surface area contributed by atoms with Crippen molar-refractivity contribution in [1.29, 1.82) is 0 Å². The SMILES string of the molecule is CCOC(=O)c1ccc(C(O)C2CCCC2)cc1. The largest absolute Gasteiger partial charge is 0.462 e. The van der Waals surface area contributed by atoms with E-state index in [1.165, 1.54) is 12.8 Å². The quantitative estimate of drug-likeness (QED) is 0.833. The molecule has 1 aliphatic rings.